The second-order valence-electron chi connectivity index (χ2n) is 5.22. The Morgan fingerprint density at radius 1 is 1.08 bits per heavy atom. The molecule has 0 aliphatic rings. The van der Waals surface area contributed by atoms with Crippen LogP contribution in [0.25, 0.3) is 0 Å². The molecule has 1 amide bonds. The van der Waals surface area contributed by atoms with Crippen LogP contribution < -0.4 is 14.8 Å². The highest BCUT2D eigenvalue weighted by Crippen LogP contribution is 2.28. The largest absolute Gasteiger partial charge is 0.493 e. The number of hydrogen-bond donors (Lipinski definition) is 1. The number of amides is 1. The van der Waals surface area contributed by atoms with Crippen LogP contribution in [0.4, 0.5) is 0 Å². The lowest BCUT2D eigenvalue weighted by Gasteiger charge is -2.12. The first-order valence-electron chi connectivity index (χ1n) is 7.43. The molecule has 2 rings (SSSR count). The Morgan fingerprint density at radius 2 is 1.84 bits per heavy atom. The number of nitrogens with one attached hydrogen (secondary N) is 1. The highest BCUT2D eigenvalue weighted by molar-refractivity contribution is 6.35. The molecule has 25 heavy (non-hydrogen) atoms. The molecule has 0 heterocycles. The molecule has 1 N–H and O–H groups in total. The summed E-state index contributed by atoms with van der Waals surface area (Å²) >= 11 is 11.9. The summed E-state index contributed by atoms with van der Waals surface area (Å²) in [7, 11) is 1.47. The smallest absolute Gasteiger partial charge is 0.258 e. The summed E-state index contributed by atoms with van der Waals surface area (Å²) in [5.41, 5.74) is 1.26. The third kappa shape index (κ3) is 5.37. The number of ketones is 1. The van der Waals surface area contributed by atoms with Crippen LogP contribution in [0.2, 0.25) is 10.0 Å². The van der Waals surface area contributed by atoms with Gasteiger partial charge in [-0.05, 0) is 42.8 Å². The molecule has 2 aromatic rings. The SMILES string of the molecule is COc1cc(C(C)=O)ccc1OCC(=O)NCc1ccc(Cl)cc1Cl. The van der Waals surface area contributed by atoms with E-state index in [0.29, 0.717) is 27.1 Å². The monoisotopic (exact) mass is 381 g/mol. The summed E-state index contributed by atoms with van der Waals surface area (Å²) in [6.07, 6.45) is 0. The molecule has 0 atom stereocenters. The van der Waals surface area contributed by atoms with Gasteiger partial charge in [-0.2, -0.15) is 0 Å². The Labute approximate surface area is 155 Å². The van der Waals surface area contributed by atoms with E-state index in [0.717, 1.165) is 5.56 Å². The van der Waals surface area contributed by atoms with Gasteiger partial charge in [-0.3, -0.25) is 9.59 Å². The first kappa shape index (κ1) is 19.1. The Kier molecular flexibility index (Phi) is 6.67. The quantitative estimate of drug-likeness (QED) is 0.738. The Bertz CT molecular complexity index is 793. The predicted molar refractivity (Wildman–Crippen MR) is 96.8 cm³/mol. The molecular weight excluding hydrogens is 365 g/mol. The van der Waals surface area contributed by atoms with Crippen molar-refractivity contribution in [1.29, 1.82) is 0 Å². The van der Waals surface area contributed by atoms with E-state index in [1.54, 1.807) is 36.4 Å². The van der Waals surface area contributed by atoms with Gasteiger partial charge in [-0.25, -0.2) is 0 Å². The van der Waals surface area contributed by atoms with Crippen molar-refractivity contribution < 1.29 is 19.1 Å². The molecule has 0 saturated heterocycles. The maximum absolute atomic E-state index is 11.9. The zero-order valence-corrected chi connectivity index (χ0v) is 15.3. The van der Waals surface area contributed by atoms with Crippen LogP contribution in [0, 0.1) is 0 Å². The molecule has 0 spiro atoms. The summed E-state index contributed by atoms with van der Waals surface area (Å²) < 4.78 is 10.6. The van der Waals surface area contributed by atoms with Crippen molar-refractivity contribution in [2.45, 2.75) is 13.5 Å². The first-order valence-corrected chi connectivity index (χ1v) is 8.18. The Balaban J connectivity index is 1.92. The molecule has 5 nitrogen and oxygen atoms in total. The van der Waals surface area contributed by atoms with Crippen LogP contribution in [0.15, 0.2) is 36.4 Å². The molecule has 0 radical (unpaired) electrons. The van der Waals surface area contributed by atoms with E-state index in [-0.39, 0.29) is 24.8 Å². The second-order valence-corrected chi connectivity index (χ2v) is 6.07. The fourth-order valence-electron chi connectivity index (χ4n) is 2.06. The van der Waals surface area contributed by atoms with Crippen LogP contribution in [0.3, 0.4) is 0 Å². The van der Waals surface area contributed by atoms with E-state index in [4.69, 9.17) is 32.7 Å². The summed E-state index contributed by atoms with van der Waals surface area (Å²) in [5.74, 6) is 0.375. The fourth-order valence-corrected chi connectivity index (χ4v) is 2.53. The average Bonchev–Trinajstić information content (AvgIpc) is 2.58. The van der Waals surface area contributed by atoms with Gasteiger partial charge in [-0.1, -0.05) is 29.3 Å². The zero-order chi connectivity index (χ0) is 18.4. The predicted octanol–water partition coefficient (Wildman–Crippen LogP) is 3.90. The highest BCUT2D eigenvalue weighted by Gasteiger charge is 2.11. The van der Waals surface area contributed by atoms with Gasteiger partial charge >= 0.3 is 0 Å². The second kappa shape index (κ2) is 8.74. The Morgan fingerprint density at radius 3 is 2.48 bits per heavy atom. The number of benzene rings is 2. The minimum absolute atomic E-state index is 0.0811. The van der Waals surface area contributed by atoms with Crippen molar-refractivity contribution in [2.24, 2.45) is 0 Å². The van der Waals surface area contributed by atoms with Gasteiger partial charge in [0.1, 0.15) is 0 Å². The number of Topliss-reactive ketones (excluding diaryl/α,β-unsaturated/α-hetero) is 1. The van der Waals surface area contributed by atoms with Gasteiger partial charge in [0.05, 0.1) is 7.11 Å². The van der Waals surface area contributed by atoms with Crippen LogP contribution in [0.5, 0.6) is 11.5 Å². The Hall–Kier alpha value is -2.24. The molecule has 0 saturated carbocycles. The summed E-state index contributed by atoms with van der Waals surface area (Å²) in [4.78, 5) is 23.3. The van der Waals surface area contributed by atoms with Crippen molar-refractivity contribution in [2.75, 3.05) is 13.7 Å². The van der Waals surface area contributed by atoms with Gasteiger partial charge in [0.2, 0.25) is 0 Å². The standard InChI is InChI=1S/C18H17Cl2NO4/c1-11(22)12-4-6-16(17(7-12)24-2)25-10-18(23)21-9-13-3-5-14(19)8-15(13)20/h3-8H,9-10H2,1-2H3,(H,21,23). The maximum atomic E-state index is 11.9. The van der Waals surface area contributed by atoms with E-state index in [9.17, 15) is 9.59 Å². The first-order chi connectivity index (χ1) is 11.9. The minimum Gasteiger partial charge on any atom is -0.493 e. The lowest BCUT2D eigenvalue weighted by Crippen LogP contribution is -2.28. The van der Waals surface area contributed by atoms with Gasteiger partial charge < -0.3 is 14.8 Å². The summed E-state index contributed by atoms with van der Waals surface area (Å²) in [6.45, 7) is 1.53. The van der Waals surface area contributed by atoms with E-state index in [1.165, 1.54) is 14.0 Å². The van der Waals surface area contributed by atoms with Gasteiger partial charge in [0.25, 0.3) is 5.91 Å². The third-order valence-electron chi connectivity index (χ3n) is 3.42. The molecule has 0 aliphatic heterocycles. The number of methoxy groups -OCH3 is 1. The number of halogens is 2. The molecule has 132 valence electrons. The van der Waals surface area contributed by atoms with Gasteiger partial charge in [0.15, 0.2) is 23.9 Å². The van der Waals surface area contributed by atoms with Crippen molar-refractivity contribution in [1.82, 2.24) is 5.32 Å². The lowest BCUT2D eigenvalue weighted by atomic mass is 10.1. The van der Waals surface area contributed by atoms with Crippen molar-refractivity contribution >= 4 is 34.9 Å². The lowest BCUT2D eigenvalue weighted by molar-refractivity contribution is -0.123. The van der Waals surface area contributed by atoms with Crippen molar-refractivity contribution in [3.8, 4) is 11.5 Å². The minimum atomic E-state index is -0.316. The molecular formula is C18H17Cl2NO4. The summed E-state index contributed by atoms with van der Waals surface area (Å²) in [5, 5.41) is 3.72. The van der Waals surface area contributed by atoms with E-state index in [2.05, 4.69) is 5.32 Å². The molecule has 0 aromatic heterocycles. The normalized spacial score (nSPS) is 10.2. The summed E-state index contributed by atoms with van der Waals surface area (Å²) in [6, 6.07) is 9.85. The number of ether oxygens (including phenoxy) is 2. The molecule has 0 bridgehead atoms. The van der Waals surface area contributed by atoms with Crippen LogP contribution in [0.1, 0.15) is 22.8 Å². The van der Waals surface area contributed by atoms with Crippen LogP contribution in [-0.4, -0.2) is 25.4 Å². The van der Waals surface area contributed by atoms with Crippen molar-refractivity contribution in [3.63, 3.8) is 0 Å². The topological polar surface area (TPSA) is 64.6 Å². The number of carbonyl (C=O) groups excluding carboxylic acids is 2. The molecule has 2 aromatic carbocycles. The number of rotatable bonds is 7. The molecule has 7 heteroatoms. The molecule has 0 aliphatic carbocycles. The van der Waals surface area contributed by atoms with Gasteiger partial charge in [-0.15, -0.1) is 0 Å². The molecule has 0 fully saturated rings. The average molecular weight is 382 g/mol. The van der Waals surface area contributed by atoms with Crippen LogP contribution >= 0.6 is 23.2 Å². The zero-order valence-electron chi connectivity index (χ0n) is 13.8. The highest BCUT2D eigenvalue weighted by atomic mass is 35.5. The van der Waals surface area contributed by atoms with E-state index >= 15 is 0 Å². The van der Waals surface area contributed by atoms with Crippen molar-refractivity contribution in [3.05, 3.63) is 57.6 Å². The number of hydrogen-bond acceptors (Lipinski definition) is 4. The van der Waals surface area contributed by atoms with Gasteiger partial charge in [0, 0.05) is 22.2 Å². The third-order valence-corrected chi connectivity index (χ3v) is 4.01. The maximum Gasteiger partial charge on any atom is 0.258 e. The molecule has 0 unspecified atom stereocenters. The fraction of sp³-hybridized carbons (Fsp3) is 0.222. The number of carbonyl (C=O) groups is 2. The van der Waals surface area contributed by atoms with Crippen LogP contribution in [-0.2, 0) is 11.3 Å². The van der Waals surface area contributed by atoms with E-state index < -0.39 is 0 Å². The van der Waals surface area contributed by atoms with E-state index in [1.807, 2.05) is 0 Å².